The van der Waals surface area contributed by atoms with Gasteiger partial charge in [0, 0.05) is 15.1 Å². The SMILES string of the molecule is CCOc1cc(/C=C2/SC(=Nc3ccc(C)c(Cl)c3)N(c3ccc(C)c(Cl)c3)C2=O)cc(Br)c1OS(=O)(=O)c1ccc(Cl)cc1. The molecular weight excluding hydrogens is 743 g/mol. The number of thioether (sulfide) groups is 1. The van der Waals surface area contributed by atoms with E-state index >= 15 is 0 Å². The minimum Gasteiger partial charge on any atom is -0.490 e. The molecule has 0 aliphatic carbocycles. The quantitative estimate of drug-likeness (QED) is 0.131. The van der Waals surface area contributed by atoms with Gasteiger partial charge < -0.3 is 8.92 Å². The number of carbonyl (C=O) groups excluding carboxylic acids is 1. The molecule has 0 atom stereocenters. The number of carbonyl (C=O) groups is 1. The molecule has 0 spiro atoms. The number of aryl methyl sites for hydroxylation is 2. The number of anilines is 1. The van der Waals surface area contributed by atoms with E-state index in [2.05, 4.69) is 15.9 Å². The smallest absolute Gasteiger partial charge is 0.339 e. The fraction of sp³-hybridized carbons (Fsp3) is 0.125. The van der Waals surface area contributed by atoms with E-state index in [1.165, 1.54) is 40.9 Å². The summed E-state index contributed by atoms with van der Waals surface area (Å²) in [5.41, 5.74) is 3.46. The molecule has 5 rings (SSSR count). The van der Waals surface area contributed by atoms with E-state index in [0.717, 1.165) is 11.1 Å². The zero-order valence-electron chi connectivity index (χ0n) is 24.0. The highest BCUT2D eigenvalue weighted by Gasteiger charge is 2.35. The lowest BCUT2D eigenvalue weighted by molar-refractivity contribution is -0.113. The Morgan fingerprint density at radius 3 is 2.24 bits per heavy atom. The summed E-state index contributed by atoms with van der Waals surface area (Å²) in [7, 11) is -4.21. The summed E-state index contributed by atoms with van der Waals surface area (Å²) < 4.78 is 37.6. The van der Waals surface area contributed by atoms with E-state index in [1.54, 1.807) is 43.3 Å². The van der Waals surface area contributed by atoms with Crippen LogP contribution in [0, 0.1) is 13.8 Å². The minimum absolute atomic E-state index is 0.0335. The Hall–Kier alpha value is -2.99. The van der Waals surface area contributed by atoms with Crippen LogP contribution in [0.25, 0.3) is 6.08 Å². The molecule has 7 nitrogen and oxygen atoms in total. The van der Waals surface area contributed by atoms with Crippen LogP contribution in [-0.4, -0.2) is 26.1 Å². The summed E-state index contributed by atoms with van der Waals surface area (Å²) in [5.74, 6) is -0.192. The highest BCUT2D eigenvalue weighted by Crippen LogP contribution is 2.42. The van der Waals surface area contributed by atoms with Gasteiger partial charge in [-0.15, -0.1) is 0 Å². The molecule has 1 saturated heterocycles. The van der Waals surface area contributed by atoms with E-state index in [4.69, 9.17) is 48.7 Å². The van der Waals surface area contributed by atoms with Gasteiger partial charge in [0.25, 0.3) is 5.91 Å². The van der Waals surface area contributed by atoms with E-state index < -0.39 is 10.1 Å². The number of rotatable bonds is 8. The van der Waals surface area contributed by atoms with Gasteiger partial charge in [0.2, 0.25) is 0 Å². The van der Waals surface area contributed by atoms with Crippen molar-refractivity contribution in [3.05, 3.63) is 114 Å². The molecule has 1 amide bonds. The first kappa shape index (κ1) is 33.4. The van der Waals surface area contributed by atoms with Crippen LogP contribution in [-0.2, 0) is 14.9 Å². The average Bonchev–Trinajstić information content (AvgIpc) is 3.28. The highest BCUT2D eigenvalue weighted by atomic mass is 79.9. The molecule has 4 aromatic carbocycles. The molecule has 0 N–H and O–H groups in total. The molecule has 13 heteroatoms. The predicted octanol–water partition coefficient (Wildman–Crippen LogP) is 10.0. The minimum atomic E-state index is -4.21. The molecule has 0 radical (unpaired) electrons. The van der Waals surface area contributed by atoms with Crippen molar-refractivity contribution in [3.63, 3.8) is 0 Å². The summed E-state index contributed by atoms with van der Waals surface area (Å²) in [5, 5.41) is 1.86. The molecule has 0 bridgehead atoms. The average molecular weight is 767 g/mol. The molecule has 4 aromatic rings. The third-order valence-corrected chi connectivity index (χ3v) is 10.4. The molecule has 232 valence electrons. The van der Waals surface area contributed by atoms with Crippen molar-refractivity contribution < 1.29 is 22.1 Å². The van der Waals surface area contributed by atoms with Crippen molar-refractivity contribution in [1.29, 1.82) is 0 Å². The summed E-state index contributed by atoms with van der Waals surface area (Å²) in [6, 6.07) is 19.6. The second kappa shape index (κ2) is 13.8. The monoisotopic (exact) mass is 764 g/mol. The third kappa shape index (κ3) is 7.53. The maximum atomic E-state index is 13.9. The van der Waals surface area contributed by atoms with Gasteiger partial charge in [0.05, 0.1) is 27.4 Å². The van der Waals surface area contributed by atoms with Crippen molar-refractivity contribution in [2.24, 2.45) is 4.99 Å². The molecule has 0 saturated carbocycles. The number of halogens is 4. The van der Waals surface area contributed by atoms with Crippen LogP contribution in [0.2, 0.25) is 15.1 Å². The second-order valence-electron chi connectivity index (χ2n) is 9.77. The first-order valence-electron chi connectivity index (χ1n) is 13.4. The summed E-state index contributed by atoms with van der Waals surface area (Å²) >= 11 is 23.3. The first-order valence-corrected chi connectivity index (χ1v) is 17.5. The summed E-state index contributed by atoms with van der Waals surface area (Å²) in [6.07, 6.45) is 1.67. The van der Waals surface area contributed by atoms with Crippen molar-refractivity contribution in [3.8, 4) is 11.5 Å². The molecular formula is C32H24BrCl3N2O5S2. The van der Waals surface area contributed by atoms with Crippen molar-refractivity contribution in [2.45, 2.75) is 25.7 Å². The number of hydrogen-bond acceptors (Lipinski definition) is 7. The van der Waals surface area contributed by atoms with Gasteiger partial charge >= 0.3 is 10.1 Å². The fourth-order valence-electron chi connectivity index (χ4n) is 4.18. The van der Waals surface area contributed by atoms with Gasteiger partial charge in [0.1, 0.15) is 4.90 Å². The lowest BCUT2D eigenvalue weighted by Crippen LogP contribution is -2.28. The number of aliphatic imine (C=N–C) groups is 1. The standard InChI is InChI=1S/C32H24BrCl3N2O5S2/c1-4-42-28-14-20(13-25(33)30(28)43-45(40,41)24-11-7-21(34)8-12-24)15-29-31(39)38(23-10-6-19(3)27(36)17-23)32(44-29)37-22-9-5-18(2)26(35)16-22/h5-17H,4H2,1-3H3/b29-15+,37-32?. The van der Waals surface area contributed by atoms with Crippen LogP contribution in [0.5, 0.6) is 11.5 Å². The first-order chi connectivity index (χ1) is 21.4. The van der Waals surface area contributed by atoms with Crippen LogP contribution in [0.15, 0.2) is 92.1 Å². The topological polar surface area (TPSA) is 85.3 Å². The Balaban J connectivity index is 1.55. The number of ether oxygens (including phenoxy) is 1. The number of hydrogen-bond donors (Lipinski definition) is 0. The highest BCUT2D eigenvalue weighted by molar-refractivity contribution is 9.10. The predicted molar refractivity (Wildman–Crippen MR) is 187 cm³/mol. The molecule has 0 unspecified atom stereocenters. The fourth-order valence-corrected chi connectivity index (χ4v) is 7.27. The van der Waals surface area contributed by atoms with Gasteiger partial charge in [-0.1, -0.05) is 46.9 Å². The Morgan fingerprint density at radius 2 is 1.60 bits per heavy atom. The van der Waals surface area contributed by atoms with E-state index in [1.807, 2.05) is 32.0 Å². The second-order valence-corrected chi connectivity index (χ2v) is 14.4. The zero-order chi connectivity index (χ0) is 32.5. The summed E-state index contributed by atoms with van der Waals surface area (Å²) in [6.45, 7) is 5.77. The number of amides is 1. The normalized spacial score (nSPS) is 15.3. The lowest BCUT2D eigenvalue weighted by atomic mass is 10.1. The number of amidine groups is 1. The number of nitrogens with zero attached hydrogens (tertiary/aromatic N) is 2. The molecule has 1 heterocycles. The van der Waals surface area contributed by atoms with Crippen molar-refractivity contribution in [1.82, 2.24) is 0 Å². The van der Waals surface area contributed by atoms with Gasteiger partial charge in [-0.25, -0.2) is 4.99 Å². The Morgan fingerprint density at radius 1 is 0.933 bits per heavy atom. The van der Waals surface area contributed by atoms with Crippen LogP contribution in [0.1, 0.15) is 23.6 Å². The van der Waals surface area contributed by atoms with Gasteiger partial charge in [-0.2, -0.15) is 8.42 Å². The van der Waals surface area contributed by atoms with E-state index in [9.17, 15) is 13.2 Å². The van der Waals surface area contributed by atoms with Crippen molar-refractivity contribution in [2.75, 3.05) is 11.5 Å². The molecule has 1 aliphatic rings. The van der Waals surface area contributed by atoms with Gasteiger partial charge in [-0.3, -0.25) is 9.69 Å². The molecule has 1 fully saturated rings. The largest absolute Gasteiger partial charge is 0.490 e. The van der Waals surface area contributed by atoms with Crippen LogP contribution in [0.3, 0.4) is 0 Å². The maximum Gasteiger partial charge on any atom is 0.339 e. The van der Waals surface area contributed by atoms with Crippen molar-refractivity contribution >= 4 is 101 Å². The van der Waals surface area contributed by atoms with Crippen LogP contribution < -0.4 is 13.8 Å². The van der Waals surface area contributed by atoms with Crippen LogP contribution >= 0.6 is 62.5 Å². The Bertz CT molecular complexity index is 1980. The van der Waals surface area contributed by atoms with E-state index in [0.29, 0.717) is 46.6 Å². The molecule has 1 aliphatic heterocycles. The molecule has 45 heavy (non-hydrogen) atoms. The summed E-state index contributed by atoms with van der Waals surface area (Å²) in [4.78, 5) is 20.4. The van der Waals surface area contributed by atoms with Gasteiger partial charge in [-0.05, 0) is 132 Å². The van der Waals surface area contributed by atoms with E-state index in [-0.39, 0.29) is 28.9 Å². The molecule has 0 aromatic heterocycles. The third-order valence-electron chi connectivity index (χ3n) is 6.52. The number of benzene rings is 4. The Labute approximate surface area is 289 Å². The Kier molecular flexibility index (Phi) is 10.2. The van der Waals surface area contributed by atoms with Gasteiger partial charge in [0.15, 0.2) is 16.7 Å². The zero-order valence-corrected chi connectivity index (χ0v) is 29.5. The lowest BCUT2D eigenvalue weighted by Gasteiger charge is -2.17. The maximum absolute atomic E-state index is 13.9. The van der Waals surface area contributed by atoms with Crippen LogP contribution in [0.4, 0.5) is 11.4 Å².